The Bertz CT molecular complexity index is 1080. The Morgan fingerprint density at radius 1 is 1.27 bits per heavy atom. The molecule has 1 aliphatic rings. The summed E-state index contributed by atoms with van der Waals surface area (Å²) in [7, 11) is 5.46. The van der Waals surface area contributed by atoms with Crippen LogP contribution in [-0.2, 0) is 4.79 Å². The number of amides is 1. The van der Waals surface area contributed by atoms with E-state index in [2.05, 4.69) is 4.98 Å². The Kier molecular flexibility index (Phi) is 7.76. The number of carbonyl (C=O) groups is 2. The molecule has 0 saturated heterocycles. The zero-order chi connectivity index (χ0) is 24.3. The average molecular weight is 474 g/mol. The van der Waals surface area contributed by atoms with Crippen LogP contribution in [0.4, 0.5) is 0 Å². The van der Waals surface area contributed by atoms with E-state index < -0.39 is 17.7 Å². The first-order valence-electron chi connectivity index (χ1n) is 10.9. The largest absolute Gasteiger partial charge is 0.503 e. The number of thiazole rings is 1. The van der Waals surface area contributed by atoms with Crippen molar-refractivity contribution in [2.75, 3.05) is 40.9 Å². The Balaban J connectivity index is 2.09. The fourth-order valence-electron chi connectivity index (χ4n) is 4.01. The summed E-state index contributed by atoms with van der Waals surface area (Å²) in [6.07, 6.45) is 0.691. The highest BCUT2D eigenvalue weighted by molar-refractivity contribution is 7.14. The highest BCUT2D eigenvalue weighted by Gasteiger charge is 2.44. The number of aliphatic hydroxyl groups is 1. The van der Waals surface area contributed by atoms with Gasteiger partial charge < -0.3 is 24.4 Å². The fraction of sp³-hybridized carbons (Fsp3) is 0.458. The maximum atomic E-state index is 13.6. The number of carbonyl (C=O) groups excluding carboxylic acids is 2. The van der Waals surface area contributed by atoms with Gasteiger partial charge in [-0.25, -0.2) is 4.98 Å². The minimum Gasteiger partial charge on any atom is -0.503 e. The molecule has 33 heavy (non-hydrogen) atoms. The number of Topliss-reactive ketones (excluding diaryl/α,β-unsaturated/α-hetero) is 1. The predicted octanol–water partition coefficient (Wildman–Crippen LogP) is 3.70. The number of hydrogen-bond acceptors (Lipinski definition) is 8. The lowest BCUT2D eigenvalue weighted by atomic mass is 9.94. The summed E-state index contributed by atoms with van der Waals surface area (Å²) in [5.41, 5.74) is 1.33. The molecule has 0 aliphatic carbocycles. The lowest BCUT2D eigenvalue weighted by molar-refractivity contribution is -0.129. The molecule has 2 aromatic rings. The van der Waals surface area contributed by atoms with Gasteiger partial charge in [-0.3, -0.25) is 9.59 Å². The summed E-state index contributed by atoms with van der Waals surface area (Å²) < 4.78 is 11.1. The Hall–Kier alpha value is -2.91. The molecule has 0 radical (unpaired) electrons. The molecule has 1 N–H and O–H groups in total. The van der Waals surface area contributed by atoms with E-state index in [0.29, 0.717) is 47.2 Å². The zero-order valence-electron chi connectivity index (χ0n) is 20.0. The number of ketones is 1. The molecular formula is C24H31N3O5S. The van der Waals surface area contributed by atoms with E-state index in [1.165, 1.54) is 11.3 Å². The van der Waals surface area contributed by atoms with Crippen molar-refractivity contribution < 1.29 is 24.2 Å². The van der Waals surface area contributed by atoms with Gasteiger partial charge in [0.1, 0.15) is 0 Å². The Labute approximate surface area is 198 Å². The van der Waals surface area contributed by atoms with Crippen LogP contribution in [0.25, 0.3) is 0 Å². The number of methoxy groups -OCH3 is 1. The maximum Gasteiger partial charge on any atom is 0.290 e. The number of aryl methyl sites for hydroxylation is 2. The molecule has 2 heterocycles. The van der Waals surface area contributed by atoms with Crippen LogP contribution in [0, 0.1) is 13.8 Å². The maximum absolute atomic E-state index is 13.6. The summed E-state index contributed by atoms with van der Waals surface area (Å²) in [5, 5.41) is 11.6. The van der Waals surface area contributed by atoms with Crippen molar-refractivity contribution in [1.82, 2.24) is 14.8 Å². The van der Waals surface area contributed by atoms with Gasteiger partial charge in [-0.1, -0.05) is 6.07 Å². The smallest absolute Gasteiger partial charge is 0.290 e. The van der Waals surface area contributed by atoms with E-state index in [0.717, 1.165) is 11.6 Å². The standard InChI is InChI=1S/C24H31N3O5S/c1-7-32-17-10-9-16(13-18(17)31-6)20-19(21(28)23-14(2)25-15(3)33-23)22(29)24(30)27(20)12-8-11-26(4)5/h9-10,13,20,29H,7-8,11-12H2,1-6H3/t20-/m0/s1. The summed E-state index contributed by atoms with van der Waals surface area (Å²) >= 11 is 1.26. The third kappa shape index (κ3) is 5.04. The first-order valence-corrected chi connectivity index (χ1v) is 11.7. The molecule has 1 atom stereocenters. The number of ether oxygens (including phenoxy) is 2. The van der Waals surface area contributed by atoms with Crippen molar-refractivity contribution in [3.63, 3.8) is 0 Å². The highest BCUT2D eigenvalue weighted by atomic mass is 32.1. The quantitative estimate of drug-likeness (QED) is 0.526. The molecule has 0 bridgehead atoms. The van der Waals surface area contributed by atoms with E-state index in [1.54, 1.807) is 37.1 Å². The molecule has 3 rings (SSSR count). The van der Waals surface area contributed by atoms with Gasteiger partial charge in [-0.2, -0.15) is 0 Å². The second kappa shape index (κ2) is 10.4. The lowest BCUT2D eigenvalue weighted by Crippen LogP contribution is -2.33. The molecule has 1 aromatic heterocycles. The summed E-state index contributed by atoms with van der Waals surface area (Å²) in [4.78, 5) is 35.1. The van der Waals surface area contributed by atoms with E-state index >= 15 is 0 Å². The third-order valence-corrected chi connectivity index (χ3v) is 6.54. The monoisotopic (exact) mass is 473 g/mol. The lowest BCUT2D eigenvalue weighted by Gasteiger charge is -2.28. The molecule has 8 nitrogen and oxygen atoms in total. The van der Waals surface area contributed by atoms with Gasteiger partial charge in [0, 0.05) is 6.54 Å². The number of rotatable bonds is 10. The molecule has 0 saturated carbocycles. The molecule has 9 heteroatoms. The van der Waals surface area contributed by atoms with Crippen LogP contribution in [0.3, 0.4) is 0 Å². The van der Waals surface area contributed by atoms with Gasteiger partial charge in [-0.15, -0.1) is 11.3 Å². The number of nitrogens with zero attached hydrogens (tertiary/aromatic N) is 3. The van der Waals surface area contributed by atoms with Gasteiger partial charge in [0.15, 0.2) is 17.3 Å². The summed E-state index contributed by atoms with van der Waals surface area (Å²) in [5.74, 6) is -0.362. The van der Waals surface area contributed by atoms with Crippen molar-refractivity contribution >= 4 is 23.0 Å². The van der Waals surface area contributed by atoms with Crippen LogP contribution in [0.5, 0.6) is 11.5 Å². The topological polar surface area (TPSA) is 92.2 Å². The first kappa shape index (κ1) is 24.7. The van der Waals surface area contributed by atoms with Crippen LogP contribution >= 0.6 is 11.3 Å². The van der Waals surface area contributed by atoms with Gasteiger partial charge in [0.05, 0.1) is 40.9 Å². The first-order chi connectivity index (χ1) is 15.7. The third-order valence-electron chi connectivity index (χ3n) is 5.47. The molecule has 0 spiro atoms. The van der Waals surface area contributed by atoms with Crippen LogP contribution in [0.15, 0.2) is 29.5 Å². The number of aliphatic hydroxyl groups excluding tert-OH is 1. The fourth-order valence-corrected chi connectivity index (χ4v) is 4.89. The van der Waals surface area contributed by atoms with E-state index in [9.17, 15) is 14.7 Å². The van der Waals surface area contributed by atoms with E-state index in [4.69, 9.17) is 9.47 Å². The average Bonchev–Trinajstić information content (AvgIpc) is 3.24. The van der Waals surface area contributed by atoms with Crippen molar-refractivity contribution in [3.8, 4) is 11.5 Å². The van der Waals surface area contributed by atoms with Crippen molar-refractivity contribution in [1.29, 1.82) is 0 Å². The SMILES string of the molecule is CCOc1ccc([C@H]2C(C(=O)c3sc(C)nc3C)=C(O)C(=O)N2CCCN(C)C)cc1OC. The van der Waals surface area contributed by atoms with Crippen molar-refractivity contribution in [2.24, 2.45) is 0 Å². The predicted molar refractivity (Wildman–Crippen MR) is 127 cm³/mol. The molecule has 1 aliphatic heterocycles. The molecule has 1 amide bonds. The molecule has 1 aromatic carbocycles. The molecular weight excluding hydrogens is 442 g/mol. The van der Waals surface area contributed by atoms with E-state index in [-0.39, 0.29) is 11.4 Å². The summed E-state index contributed by atoms with van der Waals surface area (Å²) in [6, 6.07) is 4.60. The second-order valence-electron chi connectivity index (χ2n) is 8.14. The normalized spacial score (nSPS) is 16.2. The van der Waals surface area contributed by atoms with Gasteiger partial charge >= 0.3 is 0 Å². The highest BCUT2D eigenvalue weighted by Crippen LogP contribution is 2.42. The number of hydrogen-bond donors (Lipinski definition) is 1. The Morgan fingerprint density at radius 2 is 2.00 bits per heavy atom. The van der Waals surface area contributed by atoms with Crippen molar-refractivity contribution in [2.45, 2.75) is 33.2 Å². The van der Waals surface area contributed by atoms with E-state index in [1.807, 2.05) is 32.8 Å². The number of aromatic nitrogens is 1. The van der Waals surface area contributed by atoms with Crippen LogP contribution in [0.1, 0.15) is 45.3 Å². The van der Waals surface area contributed by atoms with Gasteiger partial charge in [0.2, 0.25) is 5.78 Å². The van der Waals surface area contributed by atoms with Gasteiger partial charge in [0.25, 0.3) is 5.91 Å². The second-order valence-corrected chi connectivity index (χ2v) is 9.34. The van der Waals surface area contributed by atoms with Gasteiger partial charge in [-0.05, 0) is 65.5 Å². The minimum atomic E-state index is -0.737. The molecule has 178 valence electrons. The van der Waals surface area contributed by atoms with Crippen LogP contribution in [0.2, 0.25) is 0 Å². The number of benzene rings is 1. The van der Waals surface area contributed by atoms with Crippen molar-refractivity contribution in [3.05, 3.63) is 50.7 Å². The minimum absolute atomic E-state index is 0.0721. The van der Waals surface area contributed by atoms with Crippen LogP contribution < -0.4 is 9.47 Å². The summed E-state index contributed by atoms with van der Waals surface area (Å²) in [6.45, 7) is 7.09. The van der Waals surface area contributed by atoms with Crippen LogP contribution in [-0.4, -0.2) is 72.5 Å². The Morgan fingerprint density at radius 3 is 2.58 bits per heavy atom. The molecule has 0 unspecified atom stereocenters. The zero-order valence-corrected chi connectivity index (χ0v) is 20.8. The molecule has 0 fully saturated rings.